The molecule has 98 valence electrons. The van der Waals surface area contributed by atoms with Gasteiger partial charge in [0, 0.05) is 23.2 Å². The summed E-state index contributed by atoms with van der Waals surface area (Å²) in [6, 6.07) is 5.68. The summed E-state index contributed by atoms with van der Waals surface area (Å²) in [5, 5.41) is 0. The number of piperidine rings is 1. The van der Waals surface area contributed by atoms with Gasteiger partial charge in [-0.25, -0.2) is 0 Å². The number of hydrogen-bond acceptors (Lipinski definition) is 3. The average Bonchev–Trinajstić information content (AvgIpc) is 2.39. The normalized spacial score (nSPS) is 16.9. The third-order valence-corrected chi connectivity index (χ3v) is 4.01. The summed E-state index contributed by atoms with van der Waals surface area (Å²) in [6.45, 7) is 2.62. The molecule has 0 atom stereocenters. The van der Waals surface area contributed by atoms with Crippen LogP contribution in [0.3, 0.4) is 0 Å². The Hall–Kier alpha value is -1.07. The first-order chi connectivity index (χ1) is 8.61. The Bertz CT molecular complexity index is 442. The number of nitrogens with zero attached hydrogens (tertiary/aromatic N) is 1. The summed E-state index contributed by atoms with van der Waals surface area (Å²) >= 11 is 3.37. The van der Waals surface area contributed by atoms with Gasteiger partial charge in [0.2, 0.25) is 0 Å². The SMILES string of the molecule is NCC1CCN(c2ccc(Br)cc2C(N)=O)CC1. The van der Waals surface area contributed by atoms with E-state index >= 15 is 0 Å². The van der Waals surface area contributed by atoms with Crippen LogP contribution < -0.4 is 16.4 Å². The van der Waals surface area contributed by atoms with Crippen molar-refractivity contribution in [2.45, 2.75) is 12.8 Å². The van der Waals surface area contributed by atoms with E-state index in [0.29, 0.717) is 11.5 Å². The van der Waals surface area contributed by atoms with E-state index in [0.717, 1.165) is 42.6 Å². The minimum Gasteiger partial charge on any atom is -0.371 e. The second-order valence-corrected chi connectivity index (χ2v) is 5.61. The van der Waals surface area contributed by atoms with Crippen molar-refractivity contribution in [3.8, 4) is 0 Å². The highest BCUT2D eigenvalue weighted by Gasteiger charge is 2.21. The van der Waals surface area contributed by atoms with Crippen LogP contribution in [0.15, 0.2) is 22.7 Å². The van der Waals surface area contributed by atoms with Crippen molar-refractivity contribution in [1.82, 2.24) is 0 Å². The largest absolute Gasteiger partial charge is 0.371 e. The molecular weight excluding hydrogens is 294 g/mol. The van der Waals surface area contributed by atoms with Gasteiger partial charge in [0.15, 0.2) is 0 Å². The lowest BCUT2D eigenvalue weighted by molar-refractivity contribution is 0.100. The molecule has 0 radical (unpaired) electrons. The molecule has 0 saturated carbocycles. The van der Waals surface area contributed by atoms with E-state index in [2.05, 4.69) is 20.8 Å². The summed E-state index contributed by atoms with van der Waals surface area (Å²) in [5.74, 6) is 0.223. The van der Waals surface area contributed by atoms with E-state index in [4.69, 9.17) is 11.5 Å². The predicted molar refractivity (Wildman–Crippen MR) is 76.7 cm³/mol. The summed E-state index contributed by atoms with van der Waals surface area (Å²) in [4.78, 5) is 13.7. The molecule has 1 aliphatic heterocycles. The van der Waals surface area contributed by atoms with Crippen LogP contribution in [-0.2, 0) is 0 Å². The molecule has 1 aromatic carbocycles. The van der Waals surface area contributed by atoms with Gasteiger partial charge >= 0.3 is 0 Å². The van der Waals surface area contributed by atoms with Crippen LogP contribution in [0.5, 0.6) is 0 Å². The zero-order valence-electron chi connectivity index (χ0n) is 10.2. The van der Waals surface area contributed by atoms with Gasteiger partial charge in [-0.2, -0.15) is 0 Å². The zero-order valence-corrected chi connectivity index (χ0v) is 11.8. The van der Waals surface area contributed by atoms with E-state index in [9.17, 15) is 4.79 Å². The van der Waals surface area contributed by atoms with Crippen molar-refractivity contribution in [1.29, 1.82) is 0 Å². The number of rotatable bonds is 3. The van der Waals surface area contributed by atoms with Crippen molar-refractivity contribution in [2.75, 3.05) is 24.5 Å². The van der Waals surface area contributed by atoms with Gasteiger partial charge < -0.3 is 16.4 Å². The number of benzene rings is 1. The highest BCUT2D eigenvalue weighted by atomic mass is 79.9. The molecule has 0 spiro atoms. The van der Waals surface area contributed by atoms with E-state index in [1.807, 2.05) is 12.1 Å². The standard InChI is InChI=1S/C13H18BrN3O/c14-10-1-2-12(11(7-10)13(16)18)17-5-3-9(8-15)4-6-17/h1-2,7,9H,3-6,8,15H2,(H2,16,18). The van der Waals surface area contributed by atoms with Crippen LogP contribution in [0.25, 0.3) is 0 Å². The maximum absolute atomic E-state index is 11.5. The quantitative estimate of drug-likeness (QED) is 0.893. The first-order valence-electron chi connectivity index (χ1n) is 6.16. The molecule has 1 saturated heterocycles. The lowest BCUT2D eigenvalue weighted by atomic mass is 9.96. The van der Waals surface area contributed by atoms with Gasteiger partial charge in [0.25, 0.3) is 5.91 Å². The first-order valence-corrected chi connectivity index (χ1v) is 6.95. The van der Waals surface area contributed by atoms with Gasteiger partial charge in [-0.3, -0.25) is 4.79 Å². The number of carbonyl (C=O) groups excluding carboxylic acids is 1. The summed E-state index contributed by atoms with van der Waals surface area (Å²) in [7, 11) is 0. The molecule has 4 N–H and O–H groups in total. The van der Waals surface area contributed by atoms with E-state index in [1.54, 1.807) is 6.07 Å². The monoisotopic (exact) mass is 311 g/mol. The number of primary amides is 1. The number of amides is 1. The summed E-state index contributed by atoms with van der Waals surface area (Å²) in [5.41, 5.74) is 12.6. The number of nitrogens with two attached hydrogens (primary N) is 2. The van der Waals surface area contributed by atoms with Crippen LogP contribution in [0.2, 0.25) is 0 Å². The molecule has 1 amide bonds. The third kappa shape index (κ3) is 2.84. The minimum atomic E-state index is -0.382. The number of carbonyl (C=O) groups is 1. The Morgan fingerprint density at radius 3 is 2.61 bits per heavy atom. The molecule has 4 nitrogen and oxygen atoms in total. The lowest BCUT2D eigenvalue weighted by Crippen LogP contribution is -2.37. The molecule has 18 heavy (non-hydrogen) atoms. The molecule has 2 rings (SSSR count). The molecule has 0 aliphatic carbocycles. The zero-order chi connectivity index (χ0) is 13.1. The molecule has 5 heteroatoms. The number of halogens is 1. The Morgan fingerprint density at radius 1 is 1.39 bits per heavy atom. The molecule has 1 heterocycles. The van der Waals surface area contributed by atoms with Crippen molar-refractivity contribution < 1.29 is 4.79 Å². The fourth-order valence-electron chi connectivity index (χ4n) is 2.39. The van der Waals surface area contributed by atoms with Crippen LogP contribution >= 0.6 is 15.9 Å². The third-order valence-electron chi connectivity index (χ3n) is 3.51. The fourth-order valence-corrected chi connectivity index (χ4v) is 2.75. The van der Waals surface area contributed by atoms with E-state index in [1.165, 1.54) is 0 Å². The average molecular weight is 312 g/mol. The van der Waals surface area contributed by atoms with Gasteiger partial charge in [0.1, 0.15) is 0 Å². The number of anilines is 1. The molecular formula is C13H18BrN3O. The Morgan fingerprint density at radius 2 is 2.06 bits per heavy atom. The first kappa shape index (κ1) is 13.4. The Labute approximate surface area is 115 Å². The van der Waals surface area contributed by atoms with Crippen LogP contribution in [-0.4, -0.2) is 25.5 Å². The van der Waals surface area contributed by atoms with Gasteiger partial charge in [-0.15, -0.1) is 0 Å². The molecule has 0 aromatic heterocycles. The molecule has 1 fully saturated rings. The van der Waals surface area contributed by atoms with Gasteiger partial charge in [0.05, 0.1) is 5.56 Å². The van der Waals surface area contributed by atoms with E-state index in [-0.39, 0.29) is 5.91 Å². The summed E-state index contributed by atoms with van der Waals surface area (Å²) < 4.78 is 0.872. The van der Waals surface area contributed by atoms with Gasteiger partial charge in [-0.05, 0) is 43.5 Å². The second kappa shape index (κ2) is 5.71. The highest BCUT2D eigenvalue weighted by Crippen LogP contribution is 2.28. The molecule has 1 aliphatic rings. The van der Waals surface area contributed by atoms with Crippen molar-refractivity contribution in [3.63, 3.8) is 0 Å². The van der Waals surface area contributed by atoms with Crippen molar-refractivity contribution >= 4 is 27.5 Å². The van der Waals surface area contributed by atoms with Crippen LogP contribution in [0, 0.1) is 5.92 Å². The minimum absolute atomic E-state index is 0.382. The highest BCUT2D eigenvalue weighted by molar-refractivity contribution is 9.10. The van der Waals surface area contributed by atoms with Gasteiger partial charge in [-0.1, -0.05) is 15.9 Å². The van der Waals surface area contributed by atoms with E-state index < -0.39 is 0 Å². The predicted octanol–water partition coefficient (Wildman–Crippen LogP) is 1.72. The Balaban J connectivity index is 2.21. The smallest absolute Gasteiger partial charge is 0.250 e. The van der Waals surface area contributed by atoms with Crippen molar-refractivity contribution in [3.05, 3.63) is 28.2 Å². The fraction of sp³-hybridized carbons (Fsp3) is 0.462. The lowest BCUT2D eigenvalue weighted by Gasteiger charge is -2.34. The van der Waals surface area contributed by atoms with Crippen molar-refractivity contribution in [2.24, 2.45) is 17.4 Å². The molecule has 1 aromatic rings. The maximum Gasteiger partial charge on any atom is 0.250 e. The maximum atomic E-state index is 11.5. The van der Waals surface area contributed by atoms with Crippen LogP contribution in [0.4, 0.5) is 5.69 Å². The number of hydrogen-bond donors (Lipinski definition) is 2. The summed E-state index contributed by atoms with van der Waals surface area (Å²) in [6.07, 6.45) is 2.15. The Kier molecular flexibility index (Phi) is 4.24. The molecule has 0 bridgehead atoms. The van der Waals surface area contributed by atoms with Crippen LogP contribution in [0.1, 0.15) is 23.2 Å². The molecule has 0 unspecified atom stereocenters. The topological polar surface area (TPSA) is 72.3 Å². The second-order valence-electron chi connectivity index (χ2n) is 4.69.